The molecule has 0 radical (unpaired) electrons. The van der Waals surface area contributed by atoms with Gasteiger partial charge < -0.3 is 13.7 Å². The van der Waals surface area contributed by atoms with Crippen LogP contribution in [0, 0.1) is 0 Å². The number of ether oxygens (including phenoxy) is 1. The van der Waals surface area contributed by atoms with Gasteiger partial charge in [0.2, 0.25) is 0 Å². The number of hydrogen-bond donors (Lipinski definition) is 0. The van der Waals surface area contributed by atoms with E-state index in [4.69, 9.17) is 20.8 Å². The summed E-state index contributed by atoms with van der Waals surface area (Å²) < 4.78 is 14.8. The molecule has 0 aliphatic heterocycles. The van der Waals surface area contributed by atoms with Crippen LogP contribution in [0.25, 0.3) is 21.3 Å². The summed E-state index contributed by atoms with van der Waals surface area (Å²) in [6.45, 7) is 3.39. The van der Waals surface area contributed by atoms with Gasteiger partial charge in [-0.1, -0.05) is 35.1 Å². The standard InChI is InChI=1S/C20H18ClN3O4S/c1-2-27-10-9-23-15-8-7-13(21)11-17(15)29-19(23)22-18(25)12-24-14-5-3-4-6-16(14)28-20(24)26/h3-8,11H,2,9-10,12H2,1H3. The number of aromatic nitrogens is 2. The van der Waals surface area contributed by atoms with E-state index in [2.05, 4.69) is 4.99 Å². The molecule has 0 fully saturated rings. The predicted molar refractivity (Wildman–Crippen MR) is 112 cm³/mol. The number of fused-ring (bicyclic) bond motifs is 2. The molecule has 0 spiro atoms. The summed E-state index contributed by atoms with van der Waals surface area (Å²) in [6, 6.07) is 12.5. The molecule has 9 heteroatoms. The molecule has 4 rings (SSSR count). The maximum atomic E-state index is 12.7. The summed E-state index contributed by atoms with van der Waals surface area (Å²) in [5.41, 5.74) is 1.93. The lowest BCUT2D eigenvalue weighted by molar-refractivity contribution is -0.118. The topological polar surface area (TPSA) is 78.7 Å². The second-order valence-corrected chi connectivity index (χ2v) is 7.72. The molecule has 0 saturated carbocycles. The number of benzene rings is 2. The Morgan fingerprint density at radius 1 is 1.21 bits per heavy atom. The lowest BCUT2D eigenvalue weighted by atomic mass is 10.3. The van der Waals surface area contributed by atoms with Crippen molar-refractivity contribution in [1.82, 2.24) is 9.13 Å². The van der Waals surface area contributed by atoms with E-state index in [1.165, 1.54) is 15.9 Å². The lowest BCUT2D eigenvalue weighted by Gasteiger charge is -2.05. The van der Waals surface area contributed by atoms with Crippen molar-refractivity contribution in [1.29, 1.82) is 0 Å². The highest BCUT2D eigenvalue weighted by atomic mass is 35.5. The van der Waals surface area contributed by atoms with Gasteiger partial charge in [0.25, 0.3) is 5.91 Å². The van der Waals surface area contributed by atoms with Crippen molar-refractivity contribution >= 4 is 50.2 Å². The predicted octanol–water partition coefficient (Wildman–Crippen LogP) is 3.43. The van der Waals surface area contributed by atoms with Crippen LogP contribution in [-0.2, 0) is 22.6 Å². The monoisotopic (exact) mass is 431 g/mol. The highest BCUT2D eigenvalue weighted by molar-refractivity contribution is 7.16. The third-order valence-electron chi connectivity index (χ3n) is 4.40. The fourth-order valence-corrected chi connectivity index (χ4v) is 4.44. The first-order valence-corrected chi connectivity index (χ1v) is 10.3. The SMILES string of the molecule is CCOCCn1c(=NC(=O)Cn2c(=O)oc3ccccc32)sc2cc(Cl)ccc21. The molecule has 2 aromatic carbocycles. The molecule has 2 heterocycles. The normalized spacial score (nSPS) is 12.3. The number of oxazole rings is 1. The number of rotatable bonds is 6. The van der Waals surface area contributed by atoms with Crippen LogP contribution in [0.5, 0.6) is 0 Å². The van der Waals surface area contributed by atoms with Gasteiger partial charge in [-0.15, -0.1) is 0 Å². The molecule has 0 unspecified atom stereocenters. The zero-order chi connectivity index (χ0) is 20.4. The Kier molecular flexibility index (Phi) is 5.66. The highest BCUT2D eigenvalue weighted by Crippen LogP contribution is 2.22. The number of halogens is 1. The van der Waals surface area contributed by atoms with E-state index in [9.17, 15) is 9.59 Å². The number of para-hydroxylation sites is 2. The molecular formula is C20H18ClN3O4S. The number of thiazole rings is 1. The summed E-state index contributed by atoms with van der Waals surface area (Å²) in [6.07, 6.45) is 0. The number of hydrogen-bond acceptors (Lipinski definition) is 5. The maximum Gasteiger partial charge on any atom is 0.420 e. The first-order chi connectivity index (χ1) is 14.1. The van der Waals surface area contributed by atoms with E-state index in [1.54, 1.807) is 30.3 Å². The van der Waals surface area contributed by atoms with Crippen molar-refractivity contribution in [2.75, 3.05) is 13.2 Å². The Morgan fingerprint density at radius 2 is 2.03 bits per heavy atom. The van der Waals surface area contributed by atoms with Gasteiger partial charge in [0.1, 0.15) is 6.54 Å². The van der Waals surface area contributed by atoms with Crippen LogP contribution in [0.4, 0.5) is 0 Å². The summed E-state index contributed by atoms with van der Waals surface area (Å²) in [5, 5.41) is 0.616. The number of amides is 1. The first kappa shape index (κ1) is 19.6. The molecule has 0 atom stereocenters. The number of nitrogens with zero attached hydrogens (tertiary/aromatic N) is 3. The second kappa shape index (κ2) is 8.36. The smallest absolute Gasteiger partial charge is 0.408 e. The third-order valence-corrected chi connectivity index (χ3v) is 5.67. The average Bonchev–Trinajstić information content (AvgIpc) is 3.19. The highest BCUT2D eigenvalue weighted by Gasteiger charge is 2.13. The van der Waals surface area contributed by atoms with E-state index in [0.717, 1.165) is 10.2 Å². The second-order valence-electron chi connectivity index (χ2n) is 6.27. The Bertz CT molecular complexity index is 1310. The summed E-state index contributed by atoms with van der Waals surface area (Å²) in [4.78, 5) is 29.6. The van der Waals surface area contributed by atoms with Crippen LogP contribution in [0.15, 0.2) is 56.7 Å². The minimum atomic E-state index is -0.581. The van der Waals surface area contributed by atoms with Crippen LogP contribution in [-0.4, -0.2) is 28.3 Å². The van der Waals surface area contributed by atoms with Crippen LogP contribution in [0.1, 0.15) is 6.92 Å². The van der Waals surface area contributed by atoms with Crippen LogP contribution in [0.2, 0.25) is 5.02 Å². The van der Waals surface area contributed by atoms with E-state index in [1.807, 2.05) is 23.6 Å². The molecule has 0 N–H and O–H groups in total. The molecule has 1 amide bonds. The van der Waals surface area contributed by atoms with Crippen LogP contribution in [0.3, 0.4) is 0 Å². The summed E-state index contributed by atoms with van der Waals surface area (Å²) >= 11 is 7.48. The van der Waals surface area contributed by atoms with Gasteiger partial charge in [-0.05, 0) is 37.3 Å². The van der Waals surface area contributed by atoms with Crippen molar-refractivity contribution in [2.24, 2.45) is 4.99 Å². The van der Waals surface area contributed by atoms with E-state index in [0.29, 0.717) is 40.7 Å². The molecule has 0 saturated heterocycles. The number of carbonyl (C=O) groups excluding carboxylic acids is 1. The molecule has 7 nitrogen and oxygen atoms in total. The molecule has 2 aromatic heterocycles. The van der Waals surface area contributed by atoms with Gasteiger partial charge in [-0.3, -0.25) is 9.36 Å². The van der Waals surface area contributed by atoms with Crippen molar-refractivity contribution < 1.29 is 13.9 Å². The molecule has 4 aromatic rings. The van der Waals surface area contributed by atoms with E-state index in [-0.39, 0.29) is 6.54 Å². The summed E-state index contributed by atoms with van der Waals surface area (Å²) in [7, 11) is 0. The third kappa shape index (κ3) is 4.05. The minimum absolute atomic E-state index is 0.198. The Balaban J connectivity index is 1.72. The fraction of sp³-hybridized carbons (Fsp3) is 0.250. The average molecular weight is 432 g/mol. The maximum absolute atomic E-state index is 12.7. The van der Waals surface area contributed by atoms with Gasteiger partial charge >= 0.3 is 5.76 Å². The Labute approximate surface area is 174 Å². The zero-order valence-corrected chi connectivity index (χ0v) is 17.2. The van der Waals surface area contributed by atoms with Gasteiger partial charge in [-0.25, -0.2) is 4.79 Å². The fourth-order valence-electron chi connectivity index (χ4n) is 3.09. The summed E-state index contributed by atoms with van der Waals surface area (Å²) in [5.74, 6) is -1.02. The largest absolute Gasteiger partial charge is 0.420 e. The first-order valence-electron chi connectivity index (χ1n) is 9.09. The van der Waals surface area contributed by atoms with Crippen molar-refractivity contribution in [3.8, 4) is 0 Å². The molecule has 0 aliphatic rings. The molecule has 29 heavy (non-hydrogen) atoms. The van der Waals surface area contributed by atoms with E-state index >= 15 is 0 Å². The Hall–Kier alpha value is -2.68. The van der Waals surface area contributed by atoms with Crippen molar-refractivity contribution in [3.63, 3.8) is 0 Å². The van der Waals surface area contributed by atoms with Gasteiger partial charge in [0.15, 0.2) is 10.4 Å². The van der Waals surface area contributed by atoms with Gasteiger partial charge in [0.05, 0.1) is 22.3 Å². The van der Waals surface area contributed by atoms with Crippen LogP contribution < -0.4 is 10.6 Å². The van der Waals surface area contributed by atoms with Crippen LogP contribution >= 0.6 is 22.9 Å². The van der Waals surface area contributed by atoms with Gasteiger partial charge in [-0.2, -0.15) is 4.99 Å². The van der Waals surface area contributed by atoms with E-state index < -0.39 is 11.7 Å². The van der Waals surface area contributed by atoms with Gasteiger partial charge in [0, 0.05) is 18.2 Å². The molecular weight excluding hydrogens is 414 g/mol. The number of carbonyl (C=O) groups is 1. The lowest BCUT2D eigenvalue weighted by Crippen LogP contribution is -2.23. The minimum Gasteiger partial charge on any atom is -0.408 e. The Morgan fingerprint density at radius 3 is 2.86 bits per heavy atom. The quantitative estimate of drug-likeness (QED) is 0.438. The zero-order valence-electron chi connectivity index (χ0n) is 15.6. The van der Waals surface area contributed by atoms with Crippen molar-refractivity contribution in [3.05, 3.63) is 62.8 Å². The van der Waals surface area contributed by atoms with Crippen molar-refractivity contribution in [2.45, 2.75) is 20.0 Å². The molecule has 0 bridgehead atoms. The molecule has 150 valence electrons. The molecule has 0 aliphatic carbocycles.